The van der Waals surface area contributed by atoms with E-state index in [2.05, 4.69) is 10.2 Å². The fraction of sp³-hybridized carbons (Fsp3) is 0.400. The molecule has 1 aliphatic rings. The van der Waals surface area contributed by atoms with Crippen LogP contribution in [-0.4, -0.2) is 56.6 Å². The third kappa shape index (κ3) is 4.87. The van der Waals surface area contributed by atoms with E-state index in [1.54, 1.807) is 18.4 Å². The summed E-state index contributed by atoms with van der Waals surface area (Å²) in [7, 11) is 1.65. The van der Waals surface area contributed by atoms with Gasteiger partial charge >= 0.3 is 0 Å². The van der Waals surface area contributed by atoms with Crippen molar-refractivity contribution in [2.24, 2.45) is 0 Å². The number of nitrogens with zero attached hydrogens (tertiary/aromatic N) is 2. The third-order valence-corrected chi connectivity index (χ3v) is 5.49. The molecule has 1 aromatic carbocycles. The summed E-state index contributed by atoms with van der Waals surface area (Å²) in [6.45, 7) is 7.14. The summed E-state index contributed by atoms with van der Waals surface area (Å²) >= 11 is 1.59. The number of morpholine rings is 1. The van der Waals surface area contributed by atoms with Crippen molar-refractivity contribution < 1.29 is 14.3 Å². The minimum Gasteiger partial charge on any atom is -0.378 e. The Kier molecular flexibility index (Phi) is 6.13. The summed E-state index contributed by atoms with van der Waals surface area (Å²) in [6.07, 6.45) is 0. The van der Waals surface area contributed by atoms with Gasteiger partial charge in [0.15, 0.2) is 0 Å². The fourth-order valence-electron chi connectivity index (χ4n) is 3.11. The van der Waals surface area contributed by atoms with E-state index in [0.29, 0.717) is 5.56 Å². The van der Waals surface area contributed by atoms with E-state index in [9.17, 15) is 9.59 Å². The van der Waals surface area contributed by atoms with Gasteiger partial charge in [0.2, 0.25) is 5.91 Å². The molecule has 1 fully saturated rings. The van der Waals surface area contributed by atoms with E-state index in [4.69, 9.17) is 4.74 Å². The SMILES string of the molecule is Cc1cc(C(=O)N(C)CC(=O)Nc2ccc(N3CCOCC3)cc2)c(C)s1. The van der Waals surface area contributed by atoms with Crippen LogP contribution >= 0.6 is 11.3 Å². The van der Waals surface area contributed by atoms with Crippen LogP contribution in [0.1, 0.15) is 20.1 Å². The molecule has 0 bridgehead atoms. The maximum atomic E-state index is 12.5. The number of nitrogens with one attached hydrogen (secondary N) is 1. The number of hydrogen-bond acceptors (Lipinski definition) is 5. The number of hydrogen-bond donors (Lipinski definition) is 1. The Labute approximate surface area is 163 Å². The molecule has 2 heterocycles. The summed E-state index contributed by atoms with van der Waals surface area (Å²) in [4.78, 5) is 30.6. The lowest BCUT2D eigenvalue weighted by Gasteiger charge is -2.28. The zero-order valence-corrected chi connectivity index (χ0v) is 16.8. The van der Waals surface area contributed by atoms with E-state index in [0.717, 1.165) is 47.4 Å². The van der Waals surface area contributed by atoms with Crippen molar-refractivity contribution in [3.8, 4) is 0 Å². The Morgan fingerprint density at radius 2 is 1.85 bits per heavy atom. The van der Waals surface area contributed by atoms with Crippen LogP contribution in [0.4, 0.5) is 11.4 Å². The molecule has 0 aliphatic carbocycles. The molecule has 0 radical (unpaired) electrons. The fourth-order valence-corrected chi connectivity index (χ4v) is 4.03. The third-order valence-electron chi connectivity index (χ3n) is 4.53. The monoisotopic (exact) mass is 387 g/mol. The van der Waals surface area contributed by atoms with Crippen LogP contribution in [-0.2, 0) is 9.53 Å². The second-order valence-electron chi connectivity index (χ2n) is 6.68. The van der Waals surface area contributed by atoms with Crippen LogP contribution in [0.25, 0.3) is 0 Å². The lowest BCUT2D eigenvalue weighted by Crippen LogP contribution is -2.36. The molecule has 6 nitrogen and oxygen atoms in total. The average molecular weight is 388 g/mol. The molecule has 2 aromatic rings. The normalized spacial score (nSPS) is 14.1. The predicted molar refractivity (Wildman–Crippen MR) is 109 cm³/mol. The van der Waals surface area contributed by atoms with Crippen molar-refractivity contribution in [2.45, 2.75) is 13.8 Å². The van der Waals surface area contributed by atoms with E-state index >= 15 is 0 Å². The molecule has 1 N–H and O–H groups in total. The average Bonchev–Trinajstić information content (AvgIpc) is 3.00. The van der Waals surface area contributed by atoms with E-state index in [1.165, 1.54) is 4.90 Å². The summed E-state index contributed by atoms with van der Waals surface area (Å²) in [5.74, 6) is -0.343. The molecule has 144 valence electrons. The molecular weight excluding hydrogens is 362 g/mol. The summed E-state index contributed by atoms with van der Waals surface area (Å²) in [5, 5.41) is 2.86. The largest absolute Gasteiger partial charge is 0.378 e. The molecule has 0 atom stereocenters. The van der Waals surface area contributed by atoms with Crippen LogP contribution in [0.3, 0.4) is 0 Å². The molecule has 1 saturated heterocycles. The van der Waals surface area contributed by atoms with Gasteiger partial charge in [0.1, 0.15) is 0 Å². The van der Waals surface area contributed by atoms with E-state index in [1.807, 2.05) is 44.2 Å². The first kappa shape index (κ1) is 19.4. The lowest BCUT2D eigenvalue weighted by molar-refractivity contribution is -0.116. The molecule has 2 amide bonds. The number of benzene rings is 1. The first-order valence-electron chi connectivity index (χ1n) is 8.99. The number of likely N-dealkylation sites (N-methyl/N-ethyl adjacent to an activating group) is 1. The summed E-state index contributed by atoms with van der Waals surface area (Å²) in [6, 6.07) is 9.63. The Morgan fingerprint density at radius 1 is 1.19 bits per heavy atom. The van der Waals surface area contributed by atoms with Gasteiger partial charge in [-0.05, 0) is 44.2 Å². The second kappa shape index (κ2) is 8.54. The molecule has 0 unspecified atom stereocenters. The molecule has 1 aromatic heterocycles. The highest BCUT2D eigenvalue weighted by molar-refractivity contribution is 7.12. The van der Waals surface area contributed by atoms with Crippen molar-refractivity contribution >= 4 is 34.5 Å². The lowest BCUT2D eigenvalue weighted by atomic mass is 10.2. The number of thiophene rings is 1. The molecule has 7 heteroatoms. The van der Waals surface area contributed by atoms with Crippen molar-refractivity contribution in [3.63, 3.8) is 0 Å². The van der Waals surface area contributed by atoms with Crippen molar-refractivity contribution in [1.29, 1.82) is 0 Å². The second-order valence-corrected chi connectivity index (χ2v) is 8.14. The molecule has 0 spiro atoms. The minimum absolute atomic E-state index is 0.0123. The van der Waals surface area contributed by atoms with Crippen LogP contribution in [0.15, 0.2) is 30.3 Å². The Hall–Kier alpha value is -2.38. The number of amides is 2. The van der Waals surface area contributed by atoms with Crippen molar-refractivity contribution in [1.82, 2.24) is 4.90 Å². The molecule has 1 aliphatic heterocycles. The zero-order valence-electron chi connectivity index (χ0n) is 15.9. The van der Waals surface area contributed by atoms with Crippen molar-refractivity contribution in [2.75, 3.05) is 50.1 Å². The first-order valence-corrected chi connectivity index (χ1v) is 9.81. The van der Waals surface area contributed by atoms with E-state index < -0.39 is 0 Å². The molecule has 27 heavy (non-hydrogen) atoms. The van der Waals surface area contributed by atoms with Gasteiger partial charge in [0.05, 0.1) is 25.3 Å². The minimum atomic E-state index is -0.213. The van der Waals surface area contributed by atoms with Gasteiger partial charge in [-0.15, -0.1) is 11.3 Å². The summed E-state index contributed by atoms with van der Waals surface area (Å²) < 4.78 is 5.36. The number of carbonyl (C=O) groups excluding carboxylic acids is 2. The highest BCUT2D eigenvalue weighted by Crippen LogP contribution is 2.22. The first-order chi connectivity index (χ1) is 12.9. The summed E-state index contributed by atoms with van der Waals surface area (Å²) in [5.41, 5.74) is 2.51. The Morgan fingerprint density at radius 3 is 2.44 bits per heavy atom. The zero-order chi connectivity index (χ0) is 19.4. The Balaban J connectivity index is 1.55. The predicted octanol–water partition coefficient (Wildman–Crippen LogP) is 2.91. The van der Waals surface area contributed by atoms with Crippen molar-refractivity contribution in [3.05, 3.63) is 45.6 Å². The molecule has 0 saturated carbocycles. The maximum Gasteiger partial charge on any atom is 0.255 e. The van der Waals surface area contributed by atoms with Crippen LogP contribution in [0.2, 0.25) is 0 Å². The quantitative estimate of drug-likeness (QED) is 0.857. The van der Waals surface area contributed by atoms with Gasteiger partial charge in [-0.3, -0.25) is 9.59 Å². The number of aryl methyl sites for hydroxylation is 2. The smallest absolute Gasteiger partial charge is 0.255 e. The molecule has 3 rings (SSSR count). The van der Waals surface area contributed by atoms with Gasteiger partial charge < -0.3 is 19.9 Å². The van der Waals surface area contributed by atoms with Gasteiger partial charge in [-0.2, -0.15) is 0 Å². The Bertz CT molecular complexity index is 810. The van der Waals surface area contributed by atoms with Gasteiger partial charge in [0.25, 0.3) is 5.91 Å². The van der Waals surface area contributed by atoms with Crippen LogP contribution < -0.4 is 10.2 Å². The number of rotatable bonds is 5. The van der Waals surface area contributed by atoms with E-state index in [-0.39, 0.29) is 18.4 Å². The number of carbonyl (C=O) groups is 2. The van der Waals surface area contributed by atoms with Gasteiger partial charge in [-0.25, -0.2) is 0 Å². The standard InChI is InChI=1S/C20H25N3O3S/c1-14-12-18(15(2)27-14)20(25)22(3)13-19(24)21-16-4-6-17(7-5-16)23-8-10-26-11-9-23/h4-7,12H,8-11,13H2,1-3H3,(H,21,24). The topological polar surface area (TPSA) is 61.9 Å². The number of ether oxygens (including phenoxy) is 1. The maximum absolute atomic E-state index is 12.5. The van der Waals surface area contributed by atoms with Gasteiger partial charge in [-0.1, -0.05) is 0 Å². The van der Waals surface area contributed by atoms with Crippen LogP contribution in [0.5, 0.6) is 0 Å². The van der Waals surface area contributed by atoms with Gasteiger partial charge in [0, 0.05) is 41.3 Å². The highest BCUT2D eigenvalue weighted by Gasteiger charge is 2.18. The highest BCUT2D eigenvalue weighted by atomic mass is 32.1. The number of anilines is 2. The van der Waals surface area contributed by atoms with Crippen LogP contribution in [0, 0.1) is 13.8 Å². The molecular formula is C20H25N3O3S.